The van der Waals surface area contributed by atoms with Crippen LogP contribution in [0.2, 0.25) is 0 Å². The fourth-order valence-electron chi connectivity index (χ4n) is 3.06. The van der Waals surface area contributed by atoms with Gasteiger partial charge in [-0.15, -0.1) is 0 Å². The molecule has 2 aromatic rings. The molecule has 2 heterocycles. The van der Waals surface area contributed by atoms with E-state index in [1.807, 2.05) is 25.4 Å². The Labute approximate surface area is 129 Å². The van der Waals surface area contributed by atoms with Crippen LogP contribution in [0.3, 0.4) is 0 Å². The molecule has 0 saturated carbocycles. The summed E-state index contributed by atoms with van der Waals surface area (Å²) in [5.74, 6) is 1.50. The third-order valence-corrected chi connectivity index (χ3v) is 4.55. The van der Waals surface area contributed by atoms with E-state index in [0.717, 1.165) is 37.6 Å². The van der Waals surface area contributed by atoms with Gasteiger partial charge in [-0.05, 0) is 31.2 Å². The Morgan fingerprint density at radius 3 is 2.36 bits per heavy atom. The smallest absolute Gasteiger partial charge is 0.269 e. The van der Waals surface area contributed by atoms with E-state index in [9.17, 15) is 10.1 Å². The van der Waals surface area contributed by atoms with Gasteiger partial charge < -0.3 is 9.47 Å². The molecule has 3 rings (SSSR count). The third-order valence-electron chi connectivity index (χ3n) is 4.55. The number of aromatic nitrogens is 2. The van der Waals surface area contributed by atoms with Crippen LogP contribution in [-0.4, -0.2) is 27.6 Å². The summed E-state index contributed by atoms with van der Waals surface area (Å²) in [5.41, 5.74) is 2.51. The van der Waals surface area contributed by atoms with Crippen LogP contribution in [0.1, 0.15) is 30.0 Å². The first-order chi connectivity index (χ1) is 10.6. The Kier molecular flexibility index (Phi) is 3.83. The summed E-state index contributed by atoms with van der Waals surface area (Å²) in [6, 6.07) is 6.99. The molecule has 116 valence electrons. The lowest BCUT2D eigenvalue weighted by molar-refractivity contribution is -0.384. The largest absolute Gasteiger partial charge is 0.342 e. The highest BCUT2D eigenvalue weighted by atomic mass is 16.6. The van der Waals surface area contributed by atoms with Gasteiger partial charge in [0.2, 0.25) is 5.95 Å². The van der Waals surface area contributed by atoms with E-state index in [0.29, 0.717) is 5.92 Å². The normalized spacial score (nSPS) is 16.0. The van der Waals surface area contributed by atoms with Crippen molar-refractivity contribution in [3.05, 3.63) is 51.8 Å². The molecule has 6 heteroatoms. The van der Waals surface area contributed by atoms with Crippen molar-refractivity contribution in [2.24, 2.45) is 7.05 Å². The van der Waals surface area contributed by atoms with Gasteiger partial charge in [0.25, 0.3) is 5.69 Å². The number of imidazole rings is 1. The lowest BCUT2D eigenvalue weighted by Gasteiger charge is -2.33. The fourth-order valence-corrected chi connectivity index (χ4v) is 3.06. The molecule has 1 saturated heterocycles. The van der Waals surface area contributed by atoms with Gasteiger partial charge in [-0.1, -0.05) is 12.1 Å². The van der Waals surface area contributed by atoms with Crippen molar-refractivity contribution in [3.8, 4) is 0 Å². The quantitative estimate of drug-likeness (QED) is 0.645. The van der Waals surface area contributed by atoms with E-state index >= 15 is 0 Å². The van der Waals surface area contributed by atoms with Crippen molar-refractivity contribution in [1.82, 2.24) is 9.55 Å². The van der Waals surface area contributed by atoms with Gasteiger partial charge in [-0.2, -0.15) is 0 Å². The molecule has 1 aromatic carbocycles. The fraction of sp³-hybridized carbons (Fsp3) is 0.438. The molecular weight excluding hydrogens is 280 g/mol. The number of piperidine rings is 1. The first kappa shape index (κ1) is 14.6. The number of aryl methyl sites for hydroxylation is 1. The zero-order valence-corrected chi connectivity index (χ0v) is 12.9. The molecule has 0 amide bonds. The topological polar surface area (TPSA) is 64.2 Å². The maximum Gasteiger partial charge on any atom is 0.269 e. The highest BCUT2D eigenvalue weighted by molar-refractivity contribution is 5.37. The van der Waals surface area contributed by atoms with Gasteiger partial charge >= 0.3 is 0 Å². The average Bonchev–Trinajstić information content (AvgIpc) is 2.87. The average molecular weight is 300 g/mol. The summed E-state index contributed by atoms with van der Waals surface area (Å²) >= 11 is 0. The maximum atomic E-state index is 10.7. The molecule has 0 spiro atoms. The zero-order chi connectivity index (χ0) is 15.7. The molecule has 0 aliphatic carbocycles. The Bertz CT molecular complexity index is 670. The minimum absolute atomic E-state index is 0.157. The number of non-ortho nitro benzene ring substituents is 1. The monoisotopic (exact) mass is 300 g/mol. The van der Waals surface area contributed by atoms with Crippen molar-refractivity contribution in [2.75, 3.05) is 18.0 Å². The van der Waals surface area contributed by atoms with Crippen molar-refractivity contribution >= 4 is 11.6 Å². The van der Waals surface area contributed by atoms with Crippen LogP contribution in [0.5, 0.6) is 0 Å². The van der Waals surface area contributed by atoms with Gasteiger partial charge in [-0.25, -0.2) is 4.98 Å². The molecule has 1 aromatic heterocycles. The van der Waals surface area contributed by atoms with Gasteiger partial charge in [0.05, 0.1) is 11.1 Å². The van der Waals surface area contributed by atoms with Gasteiger partial charge in [0.15, 0.2) is 0 Å². The van der Waals surface area contributed by atoms with E-state index in [4.69, 9.17) is 0 Å². The number of hydrogen-bond acceptors (Lipinski definition) is 4. The van der Waals surface area contributed by atoms with E-state index in [1.165, 1.54) is 5.56 Å². The molecule has 22 heavy (non-hydrogen) atoms. The molecule has 0 radical (unpaired) electrons. The van der Waals surface area contributed by atoms with Crippen molar-refractivity contribution in [1.29, 1.82) is 0 Å². The standard InChI is InChI=1S/C16H20N4O2/c1-12-11-17-16(18(12)2)19-9-7-14(8-10-19)13-3-5-15(6-4-13)20(21)22/h3-6,11,14H,7-10H2,1-2H3. The highest BCUT2D eigenvalue weighted by Crippen LogP contribution is 2.30. The second kappa shape index (κ2) is 5.79. The maximum absolute atomic E-state index is 10.7. The highest BCUT2D eigenvalue weighted by Gasteiger charge is 2.23. The molecule has 0 bridgehead atoms. The van der Waals surface area contributed by atoms with Crippen LogP contribution in [-0.2, 0) is 7.05 Å². The van der Waals surface area contributed by atoms with Crippen molar-refractivity contribution < 1.29 is 4.92 Å². The first-order valence-electron chi connectivity index (χ1n) is 7.54. The van der Waals surface area contributed by atoms with Gasteiger partial charge in [-0.3, -0.25) is 10.1 Å². The minimum Gasteiger partial charge on any atom is -0.342 e. The second-order valence-electron chi connectivity index (χ2n) is 5.87. The molecule has 1 fully saturated rings. The van der Waals surface area contributed by atoms with Crippen LogP contribution in [0.15, 0.2) is 30.5 Å². The third kappa shape index (κ3) is 2.68. The number of nitrogens with zero attached hydrogens (tertiary/aromatic N) is 4. The summed E-state index contributed by atoms with van der Waals surface area (Å²) in [6.45, 7) is 3.98. The van der Waals surface area contributed by atoms with Gasteiger partial charge in [0.1, 0.15) is 0 Å². The molecule has 1 aliphatic rings. The second-order valence-corrected chi connectivity index (χ2v) is 5.87. The number of benzene rings is 1. The summed E-state index contributed by atoms with van der Waals surface area (Å²) in [5, 5.41) is 10.7. The predicted octanol–water partition coefficient (Wildman–Crippen LogP) is 3.02. The number of nitro groups is 1. The van der Waals surface area contributed by atoms with E-state index < -0.39 is 0 Å². The van der Waals surface area contributed by atoms with Crippen LogP contribution < -0.4 is 4.90 Å². The molecule has 6 nitrogen and oxygen atoms in total. The molecule has 0 N–H and O–H groups in total. The molecule has 0 atom stereocenters. The lowest BCUT2D eigenvalue weighted by atomic mass is 9.89. The molecule has 1 aliphatic heterocycles. The zero-order valence-electron chi connectivity index (χ0n) is 12.9. The SMILES string of the molecule is Cc1cnc(N2CCC(c3ccc([N+](=O)[O-])cc3)CC2)n1C. The summed E-state index contributed by atoms with van der Waals surface area (Å²) in [7, 11) is 2.04. The minimum atomic E-state index is -0.351. The Morgan fingerprint density at radius 1 is 1.23 bits per heavy atom. The van der Waals surface area contributed by atoms with Crippen LogP contribution in [0.4, 0.5) is 11.6 Å². The summed E-state index contributed by atoms with van der Waals surface area (Å²) in [6.07, 6.45) is 3.99. The Morgan fingerprint density at radius 2 is 1.86 bits per heavy atom. The first-order valence-corrected chi connectivity index (χ1v) is 7.54. The molecular formula is C16H20N4O2. The number of nitro benzene ring substituents is 1. The van der Waals surface area contributed by atoms with E-state index in [1.54, 1.807) is 12.1 Å². The van der Waals surface area contributed by atoms with Crippen molar-refractivity contribution in [3.63, 3.8) is 0 Å². The van der Waals surface area contributed by atoms with Crippen LogP contribution >= 0.6 is 0 Å². The predicted molar refractivity (Wildman–Crippen MR) is 85.2 cm³/mol. The lowest BCUT2D eigenvalue weighted by Crippen LogP contribution is -2.34. The summed E-state index contributed by atoms with van der Waals surface area (Å²) in [4.78, 5) is 17.2. The Hall–Kier alpha value is -2.37. The number of hydrogen-bond donors (Lipinski definition) is 0. The van der Waals surface area contributed by atoms with E-state index in [2.05, 4.69) is 21.4 Å². The Balaban J connectivity index is 1.66. The summed E-state index contributed by atoms with van der Waals surface area (Å²) < 4.78 is 2.12. The van der Waals surface area contributed by atoms with Crippen LogP contribution in [0, 0.1) is 17.0 Å². The molecule has 0 unspecified atom stereocenters. The van der Waals surface area contributed by atoms with Crippen LogP contribution in [0.25, 0.3) is 0 Å². The van der Waals surface area contributed by atoms with Crippen molar-refractivity contribution in [2.45, 2.75) is 25.7 Å². The van der Waals surface area contributed by atoms with E-state index in [-0.39, 0.29) is 10.6 Å². The van der Waals surface area contributed by atoms with Gasteiger partial charge in [0, 0.05) is 38.0 Å². The number of anilines is 1. The number of rotatable bonds is 3.